The number of anilines is 1. The fraction of sp³-hybridized carbons (Fsp3) is 0.240. The van der Waals surface area contributed by atoms with Gasteiger partial charge in [-0.25, -0.2) is 14.5 Å². The standard InChI is InChI=1S/C25H25N7O3/c1-17-5-4-6-21(13-17)32-18(2)22(15-30(25(32)34)24(33)27-11-12-35-3)31-16-28-29-23(31)20-9-7-19(14-26)8-10-20/h4-10,13,16H,11-12,15H2,1-3H3,(H,27,33). The molecule has 178 valence electrons. The third-order valence-electron chi connectivity index (χ3n) is 5.68. The quantitative estimate of drug-likeness (QED) is 0.549. The van der Waals surface area contributed by atoms with E-state index < -0.39 is 12.1 Å². The van der Waals surface area contributed by atoms with Crippen molar-refractivity contribution >= 4 is 23.4 Å². The Balaban J connectivity index is 1.80. The van der Waals surface area contributed by atoms with Gasteiger partial charge in [-0.3, -0.25) is 9.47 Å². The van der Waals surface area contributed by atoms with Gasteiger partial charge in [0.1, 0.15) is 6.33 Å². The Labute approximate surface area is 203 Å². The van der Waals surface area contributed by atoms with Gasteiger partial charge in [-0.2, -0.15) is 5.26 Å². The minimum atomic E-state index is -0.525. The van der Waals surface area contributed by atoms with E-state index in [9.17, 15) is 9.59 Å². The lowest BCUT2D eigenvalue weighted by Crippen LogP contribution is -2.54. The topological polar surface area (TPSA) is 116 Å². The van der Waals surface area contributed by atoms with Gasteiger partial charge in [0.05, 0.1) is 36.2 Å². The smallest absolute Gasteiger partial charge is 0.337 e. The molecule has 4 amide bonds. The van der Waals surface area contributed by atoms with Crippen LogP contribution in [0.3, 0.4) is 0 Å². The summed E-state index contributed by atoms with van der Waals surface area (Å²) < 4.78 is 6.77. The number of hydrogen-bond donors (Lipinski definition) is 1. The molecule has 0 saturated carbocycles. The number of urea groups is 2. The fourth-order valence-corrected chi connectivity index (χ4v) is 3.88. The van der Waals surface area contributed by atoms with Gasteiger partial charge in [0, 0.05) is 24.9 Å². The molecular weight excluding hydrogens is 446 g/mol. The average molecular weight is 472 g/mol. The molecule has 0 aliphatic carbocycles. The highest BCUT2D eigenvalue weighted by atomic mass is 16.5. The highest BCUT2D eigenvalue weighted by Gasteiger charge is 2.36. The second kappa shape index (κ2) is 10.2. The molecule has 0 atom stereocenters. The summed E-state index contributed by atoms with van der Waals surface area (Å²) in [7, 11) is 1.54. The van der Waals surface area contributed by atoms with Crippen molar-refractivity contribution in [2.75, 3.05) is 31.7 Å². The van der Waals surface area contributed by atoms with E-state index in [0.717, 1.165) is 16.0 Å². The normalized spacial score (nSPS) is 13.7. The van der Waals surface area contributed by atoms with Crippen LogP contribution in [0, 0.1) is 18.3 Å². The number of amides is 4. The molecule has 4 rings (SSSR count). The molecule has 35 heavy (non-hydrogen) atoms. The predicted octanol–water partition coefficient (Wildman–Crippen LogP) is 3.61. The molecule has 0 bridgehead atoms. The van der Waals surface area contributed by atoms with Gasteiger partial charge >= 0.3 is 12.1 Å². The number of carbonyl (C=O) groups excluding carboxylic acids is 2. The number of aryl methyl sites for hydroxylation is 1. The number of rotatable bonds is 6. The maximum atomic E-state index is 13.5. The summed E-state index contributed by atoms with van der Waals surface area (Å²) in [6, 6.07) is 15.6. The van der Waals surface area contributed by atoms with E-state index in [1.165, 1.54) is 4.90 Å². The van der Waals surface area contributed by atoms with Crippen LogP contribution in [0.25, 0.3) is 17.1 Å². The van der Waals surface area contributed by atoms with Crippen molar-refractivity contribution in [2.24, 2.45) is 0 Å². The molecule has 1 aliphatic rings. The first-order valence-corrected chi connectivity index (χ1v) is 11.0. The Morgan fingerprint density at radius 1 is 1.20 bits per heavy atom. The third-order valence-corrected chi connectivity index (χ3v) is 5.68. The monoisotopic (exact) mass is 471 g/mol. The second-order valence-electron chi connectivity index (χ2n) is 8.01. The molecule has 1 aliphatic heterocycles. The Bertz CT molecular complexity index is 1320. The molecule has 0 fully saturated rings. The Morgan fingerprint density at radius 3 is 2.66 bits per heavy atom. The minimum Gasteiger partial charge on any atom is -0.383 e. The molecule has 3 aromatic rings. The molecule has 10 heteroatoms. The molecule has 2 aromatic carbocycles. The van der Waals surface area contributed by atoms with Crippen molar-refractivity contribution in [1.29, 1.82) is 5.26 Å². The average Bonchev–Trinajstić information content (AvgIpc) is 3.34. The van der Waals surface area contributed by atoms with E-state index >= 15 is 0 Å². The van der Waals surface area contributed by atoms with Crippen molar-refractivity contribution in [3.05, 3.63) is 71.7 Å². The molecule has 0 unspecified atom stereocenters. The Morgan fingerprint density at radius 2 is 1.97 bits per heavy atom. The highest BCUT2D eigenvalue weighted by molar-refractivity contribution is 6.07. The number of methoxy groups -OCH3 is 1. The minimum absolute atomic E-state index is 0.0209. The van der Waals surface area contributed by atoms with E-state index in [0.29, 0.717) is 35.1 Å². The largest absolute Gasteiger partial charge is 0.383 e. The number of aromatic nitrogens is 3. The van der Waals surface area contributed by atoms with Crippen LogP contribution in [0.2, 0.25) is 0 Å². The van der Waals surface area contributed by atoms with Gasteiger partial charge in [-0.1, -0.05) is 12.1 Å². The maximum Gasteiger partial charge on any atom is 0.337 e. The van der Waals surface area contributed by atoms with Gasteiger partial charge in [0.15, 0.2) is 5.82 Å². The summed E-state index contributed by atoms with van der Waals surface area (Å²) in [5.41, 5.74) is 4.22. The maximum absolute atomic E-state index is 13.5. The van der Waals surface area contributed by atoms with Crippen LogP contribution in [0.15, 0.2) is 60.6 Å². The van der Waals surface area contributed by atoms with Crippen molar-refractivity contribution < 1.29 is 14.3 Å². The zero-order valence-electron chi connectivity index (χ0n) is 19.7. The number of nitrogens with zero attached hydrogens (tertiary/aromatic N) is 6. The van der Waals surface area contributed by atoms with Crippen LogP contribution in [0.1, 0.15) is 18.1 Å². The number of allylic oxidation sites excluding steroid dienone is 1. The summed E-state index contributed by atoms with van der Waals surface area (Å²) >= 11 is 0. The molecule has 0 spiro atoms. The number of nitriles is 1. The van der Waals surface area contributed by atoms with Crippen molar-refractivity contribution in [1.82, 2.24) is 25.0 Å². The fourth-order valence-electron chi connectivity index (χ4n) is 3.88. The van der Waals surface area contributed by atoms with Gasteiger partial charge < -0.3 is 10.1 Å². The summed E-state index contributed by atoms with van der Waals surface area (Å²) in [4.78, 5) is 29.2. The van der Waals surface area contributed by atoms with Gasteiger partial charge in [0.25, 0.3) is 0 Å². The van der Waals surface area contributed by atoms with Crippen LogP contribution in [-0.2, 0) is 4.74 Å². The zero-order valence-corrected chi connectivity index (χ0v) is 19.7. The van der Waals surface area contributed by atoms with E-state index in [4.69, 9.17) is 10.00 Å². The molecule has 1 aromatic heterocycles. The first-order chi connectivity index (χ1) is 16.9. The highest BCUT2D eigenvalue weighted by Crippen LogP contribution is 2.32. The summed E-state index contributed by atoms with van der Waals surface area (Å²) in [6.45, 7) is 4.39. The SMILES string of the molecule is COCCNC(=O)N1CC(n2cnnc2-c2ccc(C#N)cc2)=C(C)N(c2cccc(C)c2)C1=O. The first-order valence-electron chi connectivity index (χ1n) is 11.0. The van der Waals surface area contributed by atoms with Crippen molar-refractivity contribution in [3.63, 3.8) is 0 Å². The molecule has 0 radical (unpaired) electrons. The molecular formula is C25H25N7O3. The van der Waals surface area contributed by atoms with E-state index in [-0.39, 0.29) is 13.1 Å². The Hall–Kier alpha value is -4.49. The van der Waals surface area contributed by atoms with Gasteiger partial charge in [-0.05, 0) is 55.8 Å². The molecule has 10 nitrogen and oxygen atoms in total. The van der Waals surface area contributed by atoms with E-state index in [2.05, 4.69) is 21.6 Å². The number of benzene rings is 2. The number of ether oxygens (including phenoxy) is 1. The lowest BCUT2D eigenvalue weighted by atomic mass is 10.1. The summed E-state index contributed by atoms with van der Waals surface area (Å²) in [6.07, 6.45) is 1.55. The first kappa shape index (κ1) is 23.7. The van der Waals surface area contributed by atoms with Crippen LogP contribution >= 0.6 is 0 Å². The lowest BCUT2D eigenvalue weighted by molar-refractivity contribution is 0.180. The third kappa shape index (κ3) is 4.76. The second-order valence-corrected chi connectivity index (χ2v) is 8.01. The van der Waals surface area contributed by atoms with E-state index in [1.54, 1.807) is 42.3 Å². The van der Waals surface area contributed by atoms with Crippen molar-refractivity contribution in [2.45, 2.75) is 13.8 Å². The van der Waals surface area contributed by atoms with Crippen LogP contribution in [-0.4, -0.2) is 58.5 Å². The van der Waals surface area contributed by atoms with Gasteiger partial charge in [-0.15, -0.1) is 10.2 Å². The number of carbonyl (C=O) groups is 2. The number of hydrogen-bond acceptors (Lipinski definition) is 6. The summed E-state index contributed by atoms with van der Waals surface area (Å²) in [5, 5.41) is 20.2. The Kier molecular flexibility index (Phi) is 6.89. The zero-order chi connectivity index (χ0) is 24.9. The van der Waals surface area contributed by atoms with E-state index in [1.807, 2.05) is 38.1 Å². The lowest BCUT2D eigenvalue weighted by Gasteiger charge is -2.37. The number of imide groups is 1. The van der Waals surface area contributed by atoms with Crippen LogP contribution in [0.4, 0.5) is 15.3 Å². The van der Waals surface area contributed by atoms with Crippen LogP contribution < -0.4 is 10.2 Å². The molecule has 2 heterocycles. The number of nitrogens with one attached hydrogen (secondary N) is 1. The summed E-state index contributed by atoms with van der Waals surface area (Å²) in [5.74, 6) is 0.530. The predicted molar refractivity (Wildman–Crippen MR) is 130 cm³/mol. The van der Waals surface area contributed by atoms with Crippen LogP contribution in [0.5, 0.6) is 0 Å². The molecule has 1 N–H and O–H groups in total. The van der Waals surface area contributed by atoms with Gasteiger partial charge in [0.2, 0.25) is 0 Å². The molecule has 0 saturated heterocycles. The van der Waals surface area contributed by atoms with Crippen molar-refractivity contribution in [3.8, 4) is 17.5 Å².